The van der Waals surface area contributed by atoms with E-state index in [1.807, 2.05) is 55.7 Å². The highest BCUT2D eigenvalue weighted by Gasteiger charge is 2.32. The molecule has 7 heteroatoms. The van der Waals surface area contributed by atoms with Crippen molar-refractivity contribution in [2.24, 2.45) is 0 Å². The van der Waals surface area contributed by atoms with E-state index < -0.39 is 0 Å². The van der Waals surface area contributed by atoms with Crippen molar-refractivity contribution in [3.05, 3.63) is 58.7 Å². The molecule has 1 aliphatic rings. The van der Waals surface area contributed by atoms with Crippen molar-refractivity contribution < 1.29 is 4.79 Å². The highest BCUT2D eigenvalue weighted by Crippen LogP contribution is 2.36. The maximum absolute atomic E-state index is 13.4. The second kappa shape index (κ2) is 8.57. The Morgan fingerprint density at radius 2 is 1.90 bits per heavy atom. The number of hydrogen-bond donors (Lipinski definition) is 0. The van der Waals surface area contributed by atoms with Crippen LogP contribution in [0.4, 0.5) is 0 Å². The van der Waals surface area contributed by atoms with Gasteiger partial charge in [-0.05, 0) is 76.6 Å². The van der Waals surface area contributed by atoms with Gasteiger partial charge in [-0.2, -0.15) is 5.10 Å². The number of amides is 1. The summed E-state index contributed by atoms with van der Waals surface area (Å²) in [4.78, 5) is 29.0. The average Bonchev–Trinajstić information content (AvgIpc) is 3.00. The van der Waals surface area contributed by atoms with Crippen LogP contribution in [0.2, 0.25) is 0 Å². The zero-order valence-corrected chi connectivity index (χ0v) is 19.0. The first-order chi connectivity index (χ1) is 14.9. The Hall–Kier alpha value is -3.09. The number of nitrogens with zero attached hydrogens (tertiary/aromatic N) is 6. The minimum absolute atomic E-state index is 0.0661. The molecule has 4 rings (SSSR count). The van der Waals surface area contributed by atoms with Gasteiger partial charge in [-0.1, -0.05) is 0 Å². The Kier molecular flexibility index (Phi) is 5.85. The van der Waals surface area contributed by atoms with E-state index in [-0.39, 0.29) is 18.5 Å². The Morgan fingerprint density at radius 3 is 2.61 bits per heavy atom. The summed E-state index contributed by atoms with van der Waals surface area (Å²) in [5, 5.41) is 4.57. The maximum Gasteiger partial charge on any atom is 0.244 e. The standard InChI is InChI=1S/C24H30N6O/c1-15-12-25-10-9-20(15)21-13-26-19(5)27-24(21)22-8-6-7-11-29(22)23(31)14-30-18(4)16(2)17(3)28-30/h9-10,12-13,22H,6-8,11,14H2,1-5H3/t22-/m1/s1. The van der Waals surface area contributed by atoms with Crippen LogP contribution in [-0.4, -0.2) is 42.1 Å². The number of carbonyl (C=O) groups is 1. The molecule has 7 nitrogen and oxygen atoms in total. The lowest BCUT2D eigenvalue weighted by molar-refractivity contribution is -0.136. The van der Waals surface area contributed by atoms with Crippen LogP contribution >= 0.6 is 0 Å². The van der Waals surface area contributed by atoms with E-state index in [9.17, 15) is 4.79 Å². The van der Waals surface area contributed by atoms with Gasteiger partial charge in [-0.3, -0.25) is 14.5 Å². The summed E-state index contributed by atoms with van der Waals surface area (Å²) < 4.78 is 1.83. The lowest BCUT2D eigenvalue weighted by atomic mass is 9.92. The number of likely N-dealkylation sites (tertiary alicyclic amines) is 1. The largest absolute Gasteiger partial charge is 0.332 e. The molecule has 1 fully saturated rings. The third kappa shape index (κ3) is 4.09. The third-order valence-corrected chi connectivity index (χ3v) is 6.42. The van der Waals surface area contributed by atoms with Gasteiger partial charge in [0.2, 0.25) is 5.91 Å². The van der Waals surface area contributed by atoms with Crippen molar-refractivity contribution in [1.29, 1.82) is 0 Å². The average molecular weight is 419 g/mol. The Bertz CT molecular complexity index is 1120. The maximum atomic E-state index is 13.4. The topological polar surface area (TPSA) is 76.8 Å². The molecule has 0 unspecified atom stereocenters. The van der Waals surface area contributed by atoms with Crippen molar-refractivity contribution in [3.8, 4) is 11.1 Å². The normalized spacial score (nSPS) is 16.5. The second-order valence-corrected chi connectivity index (χ2v) is 8.46. The highest BCUT2D eigenvalue weighted by molar-refractivity contribution is 5.77. The second-order valence-electron chi connectivity index (χ2n) is 8.46. The molecule has 1 aliphatic heterocycles. The molecule has 0 spiro atoms. The summed E-state index contributed by atoms with van der Waals surface area (Å²) in [6, 6.07) is 1.93. The van der Waals surface area contributed by atoms with Gasteiger partial charge < -0.3 is 4.90 Å². The van der Waals surface area contributed by atoms with Gasteiger partial charge in [0.05, 0.1) is 17.4 Å². The quantitative estimate of drug-likeness (QED) is 0.639. The molecular weight excluding hydrogens is 388 g/mol. The number of aromatic nitrogens is 5. The SMILES string of the molecule is Cc1ncc(-c2ccncc2C)c([C@H]2CCCCN2C(=O)Cn2nc(C)c(C)c2C)n1. The van der Waals surface area contributed by atoms with Gasteiger partial charge in [0, 0.05) is 36.4 Å². The van der Waals surface area contributed by atoms with Crippen LogP contribution in [0.15, 0.2) is 24.7 Å². The summed E-state index contributed by atoms with van der Waals surface area (Å²) in [6.45, 7) is 11.0. The number of pyridine rings is 1. The van der Waals surface area contributed by atoms with E-state index in [1.54, 1.807) is 6.20 Å². The predicted octanol–water partition coefficient (Wildman–Crippen LogP) is 4.03. The molecule has 162 valence electrons. The molecule has 0 aliphatic carbocycles. The number of piperidine rings is 1. The minimum Gasteiger partial charge on any atom is -0.332 e. The van der Waals surface area contributed by atoms with Gasteiger partial charge in [0.1, 0.15) is 12.4 Å². The summed E-state index contributed by atoms with van der Waals surface area (Å²) in [7, 11) is 0. The Labute approximate surface area is 183 Å². The van der Waals surface area contributed by atoms with E-state index in [2.05, 4.69) is 22.0 Å². The fraction of sp³-hybridized carbons (Fsp3) is 0.458. The van der Waals surface area contributed by atoms with Crippen LogP contribution < -0.4 is 0 Å². The zero-order valence-electron chi connectivity index (χ0n) is 19.0. The fourth-order valence-corrected chi connectivity index (χ4v) is 4.40. The van der Waals surface area contributed by atoms with E-state index in [0.717, 1.165) is 71.0 Å². The van der Waals surface area contributed by atoms with Crippen molar-refractivity contribution >= 4 is 5.91 Å². The molecular formula is C24H30N6O. The zero-order chi connectivity index (χ0) is 22.1. The number of carbonyl (C=O) groups excluding carboxylic acids is 1. The van der Waals surface area contributed by atoms with Gasteiger partial charge in [-0.15, -0.1) is 0 Å². The molecule has 0 radical (unpaired) electrons. The van der Waals surface area contributed by atoms with Crippen LogP contribution in [0, 0.1) is 34.6 Å². The van der Waals surface area contributed by atoms with E-state index in [0.29, 0.717) is 0 Å². The summed E-state index contributed by atoms with van der Waals surface area (Å²) >= 11 is 0. The third-order valence-electron chi connectivity index (χ3n) is 6.42. The molecule has 0 saturated carbocycles. The van der Waals surface area contributed by atoms with Crippen molar-refractivity contribution in [1.82, 2.24) is 29.6 Å². The Morgan fingerprint density at radius 1 is 1.10 bits per heavy atom. The van der Waals surface area contributed by atoms with E-state index >= 15 is 0 Å². The molecule has 1 amide bonds. The first-order valence-corrected chi connectivity index (χ1v) is 10.9. The smallest absolute Gasteiger partial charge is 0.244 e. The van der Waals surface area contributed by atoms with Gasteiger partial charge >= 0.3 is 0 Å². The molecule has 3 aromatic heterocycles. The molecule has 0 bridgehead atoms. The van der Waals surface area contributed by atoms with Crippen LogP contribution in [0.1, 0.15) is 59.3 Å². The lowest BCUT2D eigenvalue weighted by Gasteiger charge is -2.36. The van der Waals surface area contributed by atoms with Gasteiger partial charge in [0.25, 0.3) is 0 Å². The molecule has 1 atom stereocenters. The van der Waals surface area contributed by atoms with Gasteiger partial charge in [-0.25, -0.2) is 9.97 Å². The van der Waals surface area contributed by atoms with Crippen molar-refractivity contribution in [2.45, 2.75) is 66.5 Å². The molecule has 1 saturated heterocycles. The first kappa shape index (κ1) is 21.2. The van der Waals surface area contributed by atoms with Crippen LogP contribution in [0.3, 0.4) is 0 Å². The van der Waals surface area contributed by atoms with Gasteiger partial charge in [0.15, 0.2) is 0 Å². The predicted molar refractivity (Wildman–Crippen MR) is 119 cm³/mol. The van der Waals surface area contributed by atoms with E-state index in [4.69, 9.17) is 4.98 Å². The Balaban J connectivity index is 1.71. The molecule has 3 aromatic rings. The monoisotopic (exact) mass is 418 g/mol. The van der Waals surface area contributed by atoms with Crippen molar-refractivity contribution in [2.75, 3.05) is 6.54 Å². The van der Waals surface area contributed by atoms with Crippen LogP contribution in [-0.2, 0) is 11.3 Å². The molecule has 0 N–H and O–H groups in total. The van der Waals surface area contributed by atoms with Crippen LogP contribution in [0.5, 0.6) is 0 Å². The van der Waals surface area contributed by atoms with Crippen molar-refractivity contribution in [3.63, 3.8) is 0 Å². The number of aryl methyl sites for hydroxylation is 3. The summed E-state index contributed by atoms with van der Waals surface area (Å²) in [5.41, 5.74) is 7.22. The van der Waals surface area contributed by atoms with Crippen LogP contribution in [0.25, 0.3) is 11.1 Å². The molecule has 0 aromatic carbocycles. The fourth-order valence-electron chi connectivity index (χ4n) is 4.40. The first-order valence-electron chi connectivity index (χ1n) is 10.9. The minimum atomic E-state index is -0.0661. The summed E-state index contributed by atoms with van der Waals surface area (Å²) in [6.07, 6.45) is 8.52. The highest BCUT2D eigenvalue weighted by atomic mass is 16.2. The lowest BCUT2D eigenvalue weighted by Crippen LogP contribution is -2.41. The number of hydrogen-bond acceptors (Lipinski definition) is 5. The van der Waals surface area contributed by atoms with E-state index in [1.165, 1.54) is 0 Å². The molecule has 4 heterocycles. The number of rotatable bonds is 4. The summed E-state index contributed by atoms with van der Waals surface area (Å²) in [5.74, 6) is 0.807. The molecule has 31 heavy (non-hydrogen) atoms.